The highest BCUT2D eigenvalue weighted by molar-refractivity contribution is 6.20. The van der Waals surface area contributed by atoms with E-state index in [2.05, 4.69) is 0 Å². The minimum Gasteiger partial charge on any atom is -0.497 e. The average Bonchev–Trinajstić information content (AvgIpc) is 2.61. The molecule has 5 nitrogen and oxygen atoms in total. The van der Waals surface area contributed by atoms with E-state index in [0.29, 0.717) is 29.2 Å². The number of hydrogen-bond acceptors (Lipinski definition) is 4. The maximum Gasteiger partial charge on any atom is 0.336 e. The lowest BCUT2D eigenvalue weighted by atomic mass is 10.00. The van der Waals surface area contributed by atoms with Gasteiger partial charge >= 0.3 is 5.97 Å². The van der Waals surface area contributed by atoms with E-state index >= 15 is 0 Å². The van der Waals surface area contributed by atoms with Gasteiger partial charge in [0.2, 0.25) is 0 Å². The molecule has 2 aromatic carbocycles. The SMILES string of the molecule is CCOc1ccc(/C(=C/c2ccc(OC)cc2OC)C(=O)O)cc1C. The number of aryl methyl sites for hydroxylation is 1. The Kier molecular flexibility index (Phi) is 6.06. The number of hydrogen-bond donors (Lipinski definition) is 1. The fourth-order valence-corrected chi connectivity index (χ4v) is 2.50. The summed E-state index contributed by atoms with van der Waals surface area (Å²) in [4.78, 5) is 11.8. The lowest BCUT2D eigenvalue weighted by Gasteiger charge is -2.11. The molecule has 132 valence electrons. The van der Waals surface area contributed by atoms with Gasteiger partial charge in [-0.1, -0.05) is 6.07 Å². The number of ether oxygens (including phenoxy) is 3. The molecule has 0 bridgehead atoms. The molecule has 2 rings (SSSR count). The van der Waals surface area contributed by atoms with E-state index in [-0.39, 0.29) is 5.57 Å². The summed E-state index contributed by atoms with van der Waals surface area (Å²) in [7, 11) is 3.10. The fraction of sp³-hybridized carbons (Fsp3) is 0.250. The van der Waals surface area contributed by atoms with E-state index in [1.54, 1.807) is 49.6 Å². The van der Waals surface area contributed by atoms with Crippen LogP contribution in [0.4, 0.5) is 0 Å². The van der Waals surface area contributed by atoms with E-state index in [9.17, 15) is 9.90 Å². The Morgan fingerprint density at radius 2 is 1.84 bits per heavy atom. The summed E-state index contributed by atoms with van der Waals surface area (Å²) in [5.74, 6) is 0.919. The number of methoxy groups -OCH3 is 2. The summed E-state index contributed by atoms with van der Waals surface area (Å²) >= 11 is 0. The van der Waals surface area contributed by atoms with Crippen LogP contribution in [0.3, 0.4) is 0 Å². The zero-order chi connectivity index (χ0) is 18.4. The molecule has 0 aliphatic carbocycles. The van der Waals surface area contributed by atoms with Gasteiger partial charge in [0.1, 0.15) is 17.2 Å². The maximum absolute atomic E-state index is 11.8. The highest BCUT2D eigenvalue weighted by atomic mass is 16.5. The number of benzene rings is 2. The van der Waals surface area contributed by atoms with Crippen LogP contribution in [0.1, 0.15) is 23.6 Å². The monoisotopic (exact) mass is 342 g/mol. The maximum atomic E-state index is 11.8. The van der Waals surface area contributed by atoms with Gasteiger partial charge < -0.3 is 19.3 Å². The van der Waals surface area contributed by atoms with E-state index in [4.69, 9.17) is 14.2 Å². The van der Waals surface area contributed by atoms with E-state index in [1.807, 2.05) is 13.8 Å². The van der Waals surface area contributed by atoms with Crippen molar-refractivity contribution >= 4 is 17.6 Å². The molecular weight excluding hydrogens is 320 g/mol. The van der Waals surface area contributed by atoms with Crippen molar-refractivity contribution in [3.63, 3.8) is 0 Å². The Bertz CT molecular complexity index is 793. The molecule has 0 heterocycles. The summed E-state index contributed by atoms with van der Waals surface area (Å²) in [6.45, 7) is 4.36. The molecule has 2 aromatic rings. The molecule has 5 heteroatoms. The fourth-order valence-electron chi connectivity index (χ4n) is 2.50. The zero-order valence-corrected chi connectivity index (χ0v) is 14.8. The van der Waals surface area contributed by atoms with E-state index in [0.717, 1.165) is 11.3 Å². The molecule has 0 fully saturated rings. The van der Waals surface area contributed by atoms with Gasteiger partial charge in [0.25, 0.3) is 0 Å². The van der Waals surface area contributed by atoms with Gasteiger partial charge in [-0.2, -0.15) is 0 Å². The van der Waals surface area contributed by atoms with Gasteiger partial charge in [0.05, 0.1) is 26.4 Å². The third kappa shape index (κ3) is 4.32. The molecule has 0 atom stereocenters. The molecule has 0 saturated heterocycles. The molecule has 0 spiro atoms. The lowest BCUT2D eigenvalue weighted by Crippen LogP contribution is -2.02. The van der Waals surface area contributed by atoms with Gasteiger partial charge in [-0.05, 0) is 55.3 Å². The summed E-state index contributed by atoms with van der Waals surface area (Å²) in [5.41, 5.74) is 2.32. The van der Waals surface area contributed by atoms with Crippen molar-refractivity contribution < 1.29 is 24.1 Å². The van der Waals surface area contributed by atoms with Crippen LogP contribution in [0.2, 0.25) is 0 Å². The second-order valence-corrected chi connectivity index (χ2v) is 5.38. The van der Waals surface area contributed by atoms with Gasteiger partial charge in [0.15, 0.2) is 0 Å². The van der Waals surface area contributed by atoms with Crippen molar-refractivity contribution in [2.24, 2.45) is 0 Å². The molecule has 0 aliphatic rings. The highest BCUT2D eigenvalue weighted by Crippen LogP contribution is 2.30. The standard InChI is InChI=1S/C20H22O5/c1-5-25-18-9-7-14(10-13(18)2)17(20(21)22)11-15-6-8-16(23-3)12-19(15)24-4/h6-12H,5H2,1-4H3,(H,21,22)/b17-11-. The Hall–Kier alpha value is -2.95. The van der Waals surface area contributed by atoms with Crippen LogP contribution >= 0.6 is 0 Å². The third-order valence-corrected chi connectivity index (χ3v) is 3.76. The Labute approximate surface area is 147 Å². The number of rotatable bonds is 7. The molecule has 0 saturated carbocycles. The lowest BCUT2D eigenvalue weighted by molar-refractivity contribution is -0.130. The number of carboxylic acids is 1. The van der Waals surface area contributed by atoms with E-state index < -0.39 is 5.97 Å². The Balaban J connectivity index is 2.50. The zero-order valence-electron chi connectivity index (χ0n) is 14.8. The normalized spacial score (nSPS) is 11.1. The van der Waals surface area contributed by atoms with Gasteiger partial charge in [0, 0.05) is 11.6 Å². The number of carbonyl (C=O) groups is 1. The van der Waals surface area contributed by atoms with Gasteiger partial charge in [-0.25, -0.2) is 4.79 Å². The Morgan fingerprint density at radius 3 is 2.40 bits per heavy atom. The van der Waals surface area contributed by atoms with Gasteiger partial charge in [-0.15, -0.1) is 0 Å². The number of aliphatic carboxylic acids is 1. The first kappa shape index (κ1) is 18.4. The summed E-state index contributed by atoms with van der Waals surface area (Å²) in [5, 5.41) is 9.65. The minimum absolute atomic E-state index is 0.176. The predicted molar refractivity (Wildman–Crippen MR) is 97.4 cm³/mol. The first-order valence-electron chi connectivity index (χ1n) is 7.91. The van der Waals surface area contributed by atoms with Crippen molar-refractivity contribution in [3.05, 3.63) is 53.1 Å². The van der Waals surface area contributed by atoms with Crippen molar-refractivity contribution in [1.29, 1.82) is 0 Å². The Morgan fingerprint density at radius 1 is 1.08 bits per heavy atom. The molecule has 0 radical (unpaired) electrons. The molecular formula is C20H22O5. The second-order valence-electron chi connectivity index (χ2n) is 5.38. The third-order valence-electron chi connectivity index (χ3n) is 3.76. The quantitative estimate of drug-likeness (QED) is 0.608. The summed E-state index contributed by atoms with van der Waals surface area (Å²) in [6, 6.07) is 10.6. The average molecular weight is 342 g/mol. The van der Waals surface area contributed by atoms with Crippen molar-refractivity contribution in [2.45, 2.75) is 13.8 Å². The van der Waals surface area contributed by atoms with Crippen LogP contribution in [0.15, 0.2) is 36.4 Å². The smallest absolute Gasteiger partial charge is 0.336 e. The molecule has 0 amide bonds. The van der Waals surface area contributed by atoms with Crippen molar-refractivity contribution in [1.82, 2.24) is 0 Å². The molecule has 0 unspecified atom stereocenters. The second kappa shape index (κ2) is 8.24. The van der Waals surface area contributed by atoms with Crippen LogP contribution in [0.25, 0.3) is 11.6 Å². The van der Waals surface area contributed by atoms with Crippen LogP contribution in [-0.2, 0) is 4.79 Å². The van der Waals surface area contributed by atoms with Crippen molar-refractivity contribution in [3.8, 4) is 17.2 Å². The van der Waals surface area contributed by atoms with E-state index in [1.165, 1.54) is 7.11 Å². The van der Waals surface area contributed by atoms with Crippen LogP contribution in [0, 0.1) is 6.92 Å². The summed E-state index contributed by atoms with van der Waals surface area (Å²) < 4.78 is 16.0. The molecule has 1 N–H and O–H groups in total. The molecule has 25 heavy (non-hydrogen) atoms. The molecule has 0 aliphatic heterocycles. The first-order chi connectivity index (χ1) is 12.0. The number of carboxylic acid groups (broad SMARTS) is 1. The van der Waals surface area contributed by atoms with Gasteiger partial charge in [-0.3, -0.25) is 0 Å². The predicted octanol–water partition coefficient (Wildman–Crippen LogP) is 4.04. The van der Waals surface area contributed by atoms with Crippen LogP contribution < -0.4 is 14.2 Å². The summed E-state index contributed by atoms with van der Waals surface area (Å²) in [6.07, 6.45) is 1.59. The largest absolute Gasteiger partial charge is 0.497 e. The topological polar surface area (TPSA) is 65.0 Å². The minimum atomic E-state index is -1.01. The van der Waals surface area contributed by atoms with Crippen LogP contribution in [-0.4, -0.2) is 31.9 Å². The first-order valence-corrected chi connectivity index (χ1v) is 7.91. The highest BCUT2D eigenvalue weighted by Gasteiger charge is 2.14. The molecule has 0 aromatic heterocycles. The van der Waals surface area contributed by atoms with Crippen LogP contribution in [0.5, 0.6) is 17.2 Å². The van der Waals surface area contributed by atoms with Crippen molar-refractivity contribution in [2.75, 3.05) is 20.8 Å².